The topological polar surface area (TPSA) is 58.2 Å². The van der Waals surface area contributed by atoms with Gasteiger partial charge >= 0.3 is 6.18 Å². The molecule has 2 N–H and O–H groups in total. The van der Waals surface area contributed by atoms with Gasteiger partial charge in [-0.3, -0.25) is 9.59 Å². The fourth-order valence-corrected chi connectivity index (χ4v) is 3.02. The molecule has 0 fully saturated rings. The van der Waals surface area contributed by atoms with Gasteiger partial charge in [-0.1, -0.05) is 19.9 Å². The zero-order valence-electron chi connectivity index (χ0n) is 14.2. The minimum atomic E-state index is -4.45. The zero-order valence-corrected chi connectivity index (χ0v) is 14.2. The summed E-state index contributed by atoms with van der Waals surface area (Å²) in [6.45, 7) is 3.93. The summed E-state index contributed by atoms with van der Waals surface area (Å²) in [5, 5.41) is 5.41. The lowest BCUT2D eigenvalue weighted by atomic mass is 9.78. The molecular weight excluding hydrogens is 345 g/mol. The molecule has 0 unspecified atom stereocenters. The first kappa shape index (κ1) is 18.0. The van der Waals surface area contributed by atoms with E-state index in [1.807, 2.05) is 19.9 Å². The first-order chi connectivity index (χ1) is 12.1. The second-order valence-electron chi connectivity index (χ2n) is 6.90. The van der Waals surface area contributed by atoms with Crippen LogP contribution in [-0.4, -0.2) is 11.8 Å². The van der Waals surface area contributed by atoms with E-state index in [0.717, 1.165) is 29.8 Å². The molecule has 3 rings (SSSR count). The maximum atomic E-state index is 12.6. The maximum Gasteiger partial charge on any atom is 0.416 e. The normalized spacial score (nSPS) is 15.8. The number of alkyl halides is 3. The van der Waals surface area contributed by atoms with E-state index in [2.05, 4.69) is 10.6 Å². The standard InChI is InChI=1S/C19H17F3N2O2/c1-18(2)10-16(25)24-15-9-13(7-8-14(15)18)23-17(26)11-3-5-12(6-4-11)19(20,21)22/h3-9H,10H2,1-2H3,(H,23,26)(H,24,25). The van der Waals surface area contributed by atoms with E-state index in [-0.39, 0.29) is 16.9 Å². The van der Waals surface area contributed by atoms with Crippen molar-refractivity contribution in [3.8, 4) is 0 Å². The van der Waals surface area contributed by atoms with E-state index in [1.165, 1.54) is 0 Å². The van der Waals surface area contributed by atoms with Crippen LogP contribution in [0.1, 0.15) is 41.8 Å². The number of hydrogen-bond donors (Lipinski definition) is 2. The molecule has 4 nitrogen and oxygen atoms in total. The molecule has 0 saturated heterocycles. The Morgan fingerprint density at radius 1 is 1.12 bits per heavy atom. The number of anilines is 2. The largest absolute Gasteiger partial charge is 0.416 e. The number of hydrogen-bond acceptors (Lipinski definition) is 2. The minimum absolute atomic E-state index is 0.103. The highest BCUT2D eigenvalue weighted by Gasteiger charge is 2.32. The first-order valence-corrected chi connectivity index (χ1v) is 7.99. The Balaban J connectivity index is 1.80. The smallest absolute Gasteiger partial charge is 0.326 e. The molecule has 0 bridgehead atoms. The lowest BCUT2D eigenvalue weighted by molar-refractivity contribution is -0.137. The van der Waals surface area contributed by atoms with Gasteiger partial charge in [-0.25, -0.2) is 0 Å². The zero-order chi connectivity index (χ0) is 19.1. The van der Waals surface area contributed by atoms with Crippen molar-refractivity contribution in [2.24, 2.45) is 0 Å². The van der Waals surface area contributed by atoms with Crippen LogP contribution >= 0.6 is 0 Å². The molecular formula is C19H17F3N2O2. The SMILES string of the molecule is CC1(C)CC(=O)Nc2cc(NC(=O)c3ccc(C(F)(F)F)cc3)ccc21. The number of benzene rings is 2. The minimum Gasteiger partial charge on any atom is -0.326 e. The van der Waals surface area contributed by atoms with Gasteiger partial charge in [0.05, 0.1) is 5.56 Å². The molecule has 1 aliphatic heterocycles. The summed E-state index contributed by atoms with van der Waals surface area (Å²) in [6.07, 6.45) is -4.07. The molecule has 2 aromatic carbocycles. The number of rotatable bonds is 2. The highest BCUT2D eigenvalue weighted by Crippen LogP contribution is 2.38. The highest BCUT2D eigenvalue weighted by molar-refractivity contribution is 6.05. The van der Waals surface area contributed by atoms with Crippen molar-refractivity contribution in [2.75, 3.05) is 10.6 Å². The Morgan fingerprint density at radius 2 is 1.77 bits per heavy atom. The number of fused-ring (bicyclic) bond motifs is 1. The van der Waals surface area contributed by atoms with Gasteiger partial charge in [-0.05, 0) is 42.0 Å². The summed E-state index contributed by atoms with van der Waals surface area (Å²) in [6, 6.07) is 9.17. The third kappa shape index (κ3) is 3.56. The van der Waals surface area contributed by atoms with Gasteiger partial charge in [-0.2, -0.15) is 13.2 Å². The highest BCUT2D eigenvalue weighted by atomic mass is 19.4. The van der Waals surface area contributed by atoms with Crippen LogP contribution in [0.15, 0.2) is 42.5 Å². The Bertz CT molecular complexity index is 871. The third-order valence-electron chi connectivity index (χ3n) is 4.36. The van der Waals surface area contributed by atoms with Crippen molar-refractivity contribution in [2.45, 2.75) is 31.9 Å². The molecule has 0 radical (unpaired) electrons. The number of nitrogens with one attached hydrogen (secondary N) is 2. The van der Waals surface area contributed by atoms with Crippen LogP contribution in [0.2, 0.25) is 0 Å². The van der Waals surface area contributed by atoms with Crippen LogP contribution in [0.3, 0.4) is 0 Å². The Hall–Kier alpha value is -2.83. The second-order valence-corrected chi connectivity index (χ2v) is 6.90. The molecule has 26 heavy (non-hydrogen) atoms. The Morgan fingerprint density at radius 3 is 2.38 bits per heavy atom. The lowest BCUT2D eigenvalue weighted by Gasteiger charge is -2.32. The van der Waals surface area contributed by atoms with E-state index < -0.39 is 17.6 Å². The predicted octanol–water partition coefficient (Wildman–Crippen LogP) is 4.58. The van der Waals surface area contributed by atoms with Crippen molar-refractivity contribution in [3.63, 3.8) is 0 Å². The molecule has 1 aliphatic rings. The fourth-order valence-electron chi connectivity index (χ4n) is 3.02. The van der Waals surface area contributed by atoms with E-state index in [4.69, 9.17) is 0 Å². The number of carbonyl (C=O) groups is 2. The number of carbonyl (C=O) groups excluding carboxylic acids is 2. The summed E-state index contributed by atoms with van der Waals surface area (Å²) >= 11 is 0. The molecule has 2 aromatic rings. The molecule has 0 saturated carbocycles. The summed E-state index contributed by atoms with van der Waals surface area (Å²) in [5.41, 5.74) is 1.02. The maximum absolute atomic E-state index is 12.6. The molecule has 2 amide bonds. The van der Waals surface area contributed by atoms with Gasteiger partial charge in [-0.15, -0.1) is 0 Å². The number of amides is 2. The van der Waals surface area contributed by atoms with Crippen LogP contribution < -0.4 is 10.6 Å². The molecule has 0 aromatic heterocycles. The van der Waals surface area contributed by atoms with E-state index in [9.17, 15) is 22.8 Å². The molecule has 0 spiro atoms. The van der Waals surface area contributed by atoms with E-state index in [1.54, 1.807) is 12.1 Å². The summed E-state index contributed by atoms with van der Waals surface area (Å²) < 4.78 is 37.8. The molecule has 0 aliphatic carbocycles. The van der Waals surface area contributed by atoms with Gasteiger partial charge in [0.15, 0.2) is 0 Å². The van der Waals surface area contributed by atoms with Crippen LogP contribution in [0.4, 0.5) is 24.5 Å². The van der Waals surface area contributed by atoms with Crippen molar-refractivity contribution in [3.05, 3.63) is 59.2 Å². The molecule has 136 valence electrons. The van der Waals surface area contributed by atoms with Gasteiger partial charge in [0, 0.05) is 28.8 Å². The van der Waals surface area contributed by atoms with Gasteiger partial charge in [0.2, 0.25) is 5.91 Å². The van der Waals surface area contributed by atoms with Gasteiger partial charge < -0.3 is 10.6 Å². The quantitative estimate of drug-likeness (QED) is 0.822. The van der Waals surface area contributed by atoms with Gasteiger partial charge in [0.25, 0.3) is 5.91 Å². The second kappa shape index (κ2) is 6.16. The van der Waals surface area contributed by atoms with Crippen molar-refractivity contribution in [1.82, 2.24) is 0 Å². The lowest BCUT2D eigenvalue weighted by Crippen LogP contribution is -2.32. The van der Waals surface area contributed by atoms with Gasteiger partial charge in [0.1, 0.15) is 0 Å². The van der Waals surface area contributed by atoms with Crippen molar-refractivity contribution >= 4 is 23.2 Å². The molecule has 1 heterocycles. The van der Waals surface area contributed by atoms with Crippen LogP contribution in [-0.2, 0) is 16.4 Å². The summed E-state index contributed by atoms with van der Waals surface area (Å²) in [7, 11) is 0. The van der Waals surface area contributed by atoms with Crippen molar-refractivity contribution in [1.29, 1.82) is 0 Å². The fraction of sp³-hybridized carbons (Fsp3) is 0.263. The predicted molar refractivity (Wildman–Crippen MR) is 92.1 cm³/mol. The number of halogens is 3. The average Bonchev–Trinajstić information content (AvgIpc) is 2.52. The molecule has 7 heteroatoms. The third-order valence-corrected chi connectivity index (χ3v) is 4.36. The van der Waals surface area contributed by atoms with Crippen LogP contribution in [0, 0.1) is 0 Å². The monoisotopic (exact) mass is 362 g/mol. The average molecular weight is 362 g/mol. The summed E-state index contributed by atoms with van der Waals surface area (Å²) in [5.74, 6) is -0.631. The van der Waals surface area contributed by atoms with E-state index in [0.29, 0.717) is 17.8 Å². The Labute approximate surface area is 148 Å². The van der Waals surface area contributed by atoms with Crippen molar-refractivity contribution < 1.29 is 22.8 Å². The Kier molecular flexibility index (Phi) is 4.26. The first-order valence-electron chi connectivity index (χ1n) is 7.99. The van der Waals surface area contributed by atoms with Crippen LogP contribution in [0.5, 0.6) is 0 Å². The van der Waals surface area contributed by atoms with E-state index >= 15 is 0 Å². The summed E-state index contributed by atoms with van der Waals surface area (Å²) in [4.78, 5) is 24.1. The molecule has 0 atom stereocenters. The van der Waals surface area contributed by atoms with Crippen LogP contribution in [0.25, 0.3) is 0 Å².